The third-order valence-corrected chi connectivity index (χ3v) is 4.21. The lowest BCUT2D eigenvalue weighted by Crippen LogP contribution is -2.35. The molecular formula is C16H17N3O4S. The van der Waals surface area contributed by atoms with Gasteiger partial charge in [0.15, 0.2) is 15.8 Å². The van der Waals surface area contributed by atoms with Gasteiger partial charge in [0.2, 0.25) is 0 Å². The van der Waals surface area contributed by atoms with Gasteiger partial charge < -0.3 is 10.5 Å². The highest BCUT2D eigenvalue weighted by molar-refractivity contribution is 7.90. The molecule has 126 valence electrons. The summed E-state index contributed by atoms with van der Waals surface area (Å²) in [7, 11) is -3.61. The summed E-state index contributed by atoms with van der Waals surface area (Å²) < 4.78 is 29.6. The van der Waals surface area contributed by atoms with Crippen molar-refractivity contribution in [2.75, 3.05) is 6.26 Å². The molecule has 2 aromatic carbocycles. The Morgan fingerprint density at radius 2 is 1.88 bits per heavy atom. The molecule has 0 heterocycles. The molecule has 0 atom stereocenters. The Labute approximate surface area is 139 Å². The predicted octanol–water partition coefficient (Wildman–Crippen LogP) is 1.29. The Bertz CT molecular complexity index is 864. The van der Waals surface area contributed by atoms with Crippen LogP contribution in [0, 0.1) is 5.41 Å². The summed E-state index contributed by atoms with van der Waals surface area (Å²) in [5.41, 5.74) is 6.06. The lowest BCUT2D eigenvalue weighted by atomic mass is 10.2. The summed E-state index contributed by atoms with van der Waals surface area (Å²) in [6.45, 7) is 0.197. The molecule has 24 heavy (non-hydrogen) atoms. The SMILES string of the molecule is CS(=O)(=O)c1cc(C(=O)NC(=N)N)ccc1OCc1ccccc1. The molecule has 0 aliphatic rings. The van der Waals surface area contributed by atoms with Gasteiger partial charge in [0, 0.05) is 11.8 Å². The van der Waals surface area contributed by atoms with E-state index in [4.69, 9.17) is 15.9 Å². The van der Waals surface area contributed by atoms with Crippen LogP contribution in [0.4, 0.5) is 0 Å². The second kappa shape index (κ2) is 7.14. The van der Waals surface area contributed by atoms with Gasteiger partial charge in [-0.05, 0) is 23.8 Å². The Balaban J connectivity index is 2.31. The number of hydrogen-bond donors (Lipinski definition) is 3. The van der Waals surface area contributed by atoms with Crippen LogP contribution in [0.1, 0.15) is 15.9 Å². The highest BCUT2D eigenvalue weighted by Crippen LogP contribution is 2.26. The first-order chi connectivity index (χ1) is 11.3. The molecule has 0 saturated heterocycles. The maximum absolute atomic E-state index is 12.0. The highest BCUT2D eigenvalue weighted by atomic mass is 32.2. The molecule has 0 aliphatic carbocycles. The van der Waals surface area contributed by atoms with Gasteiger partial charge in [-0.15, -0.1) is 0 Å². The van der Waals surface area contributed by atoms with Crippen LogP contribution in [0.5, 0.6) is 5.75 Å². The van der Waals surface area contributed by atoms with Gasteiger partial charge >= 0.3 is 0 Å². The van der Waals surface area contributed by atoms with E-state index >= 15 is 0 Å². The summed E-state index contributed by atoms with van der Waals surface area (Å²) in [5.74, 6) is -1.03. The van der Waals surface area contributed by atoms with E-state index in [1.807, 2.05) is 30.3 Å². The molecule has 0 aliphatic heterocycles. The fourth-order valence-corrected chi connectivity index (χ4v) is 2.82. The van der Waals surface area contributed by atoms with Gasteiger partial charge in [-0.2, -0.15) is 0 Å². The van der Waals surface area contributed by atoms with E-state index in [0.717, 1.165) is 11.8 Å². The molecule has 0 fully saturated rings. The number of benzene rings is 2. The summed E-state index contributed by atoms with van der Waals surface area (Å²) in [6.07, 6.45) is 1.03. The van der Waals surface area contributed by atoms with Crippen LogP contribution in [0.15, 0.2) is 53.4 Å². The lowest BCUT2D eigenvalue weighted by molar-refractivity contribution is 0.0976. The van der Waals surface area contributed by atoms with Crippen molar-refractivity contribution in [3.8, 4) is 5.75 Å². The number of nitrogens with one attached hydrogen (secondary N) is 2. The largest absolute Gasteiger partial charge is 0.488 e. The number of ether oxygens (including phenoxy) is 1. The van der Waals surface area contributed by atoms with Crippen molar-refractivity contribution in [3.63, 3.8) is 0 Å². The van der Waals surface area contributed by atoms with E-state index in [0.29, 0.717) is 0 Å². The highest BCUT2D eigenvalue weighted by Gasteiger charge is 2.18. The lowest BCUT2D eigenvalue weighted by Gasteiger charge is -2.12. The van der Waals surface area contributed by atoms with Gasteiger partial charge in [0.05, 0.1) is 0 Å². The Morgan fingerprint density at radius 3 is 2.46 bits per heavy atom. The van der Waals surface area contributed by atoms with Gasteiger partial charge in [-0.25, -0.2) is 8.42 Å². The van der Waals surface area contributed by atoms with Gasteiger partial charge in [-0.3, -0.25) is 15.5 Å². The minimum absolute atomic E-state index is 0.0673. The molecule has 0 saturated carbocycles. The topological polar surface area (TPSA) is 122 Å². The van der Waals surface area contributed by atoms with E-state index in [9.17, 15) is 13.2 Å². The van der Waals surface area contributed by atoms with Crippen LogP contribution in [0.25, 0.3) is 0 Å². The van der Waals surface area contributed by atoms with E-state index in [1.54, 1.807) is 0 Å². The van der Waals surface area contributed by atoms with E-state index in [1.165, 1.54) is 18.2 Å². The van der Waals surface area contributed by atoms with Crippen LogP contribution >= 0.6 is 0 Å². The molecule has 1 amide bonds. The Morgan fingerprint density at radius 1 is 1.21 bits per heavy atom. The van der Waals surface area contributed by atoms with Gasteiger partial charge in [0.1, 0.15) is 17.3 Å². The molecule has 0 spiro atoms. The molecule has 0 unspecified atom stereocenters. The number of hydrogen-bond acceptors (Lipinski definition) is 5. The van der Waals surface area contributed by atoms with Crippen molar-refractivity contribution in [2.24, 2.45) is 5.73 Å². The number of nitrogens with two attached hydrogens (primary N) is 1. The number of carbonyl (C=O) groups is 1. The zero-order valence-corrected chi connectivity index (χ0v) is 13.8. The molecular weight excluding hydrogens is 330 g/mol. The molecule has 0 aromatic heterocycles. The summed E-state index contributed by atoms with van der Waals surface area (Å²) >= 11 is 0. The normalized spacial score (nSPS) is 10.9. The quantitative estimate of drug-likeness (QED) is 0.556. The second-order valence-corrected chi connectivity index (χ2v) is 7.06. The number of rotatable bonds is 5. The number of amides is 1. The minimum Gasteiger partial charge on any atom is -0.488 e. The van der Waals surface area contributed by atoms with E-state index in [2.05, 4.69) is 5.32 Å². The first-order valence-electron chi connectivity index (χ1n) is 6.93. The monoisotopic (exact) mass is 347 g/mol. The van der Waals surface area contributed by atoms with Crippen molar-refractivity contribution < 1.29 is 17.9 Å². The van der Waals surface area contributed by atoms with Gasteiger partial charge in [-0.1, -0.05) is 30.3 Å². The molecule has 4 N–H and O–H groups in total. The maximum Gasteiger partial charge on any atom is 0.257 e. The maximum atomic E-state index is 12.0. The van der Waals surface area contributed by atoms with E-state index in [-0.39, 0.29) is 22.8 Å². The number of guanidine groups is 1. The minimum atomic E-state index is -3.61. The zero-order valence-electron chi connectivity index (χ0n) is 12.9. The van der Waals surface area contributed by atoms with Crippen LogP contribution in [-0.2, 0) is 16.4 Å². The fourth-order valence-electron chi connectivity index (χ4n) is 1.99. The number of carbonyl (C=O) groups excluding carboxylic acids is 1. The van der Waals surface area contributed by atoms with Crippen LogP contribution in [0.2, 0.25) is 0 Å². The average Bonchev–Trinajstić information content (AvgIpc) is 2.52. The van der Waals surface area contributed by atoms with Crippen LogP contribution < -0.4 is 15.8 Å². The molecule has 0 bridgehead atoms. The van der Waals surface area contributed by atoms with Crippen molar-refractivity contribution >= 4 is 21.7 Å². The molecule has 2 rings (SSSR count). The van der Waals surface area contributed by atoms with Crippen molar-refractivity contribution in [2.45, 2.75) is 11.5 Å². The molecule has 7 nitrogen and oxygen atoms in total. The van der Waals surface area contributed by atoms with Crippen molar-refractivity contribution in [1.82, 2.24) is 5.32 Å². The summed E-state index contributed by atoms with van der Waals surface area (Å²) in [5, 5.41) is 9.16. The van der Waals surface area contributed by atoms with E-state index < -0.39 is 21.7 Å². The van der Waals surface area contributed by atoms with Crippen molar-refractivity contribution in [1.29, 1.82) is 5.41 Å². The smallest absolute Gasteiger partial charge is 0.257 e. The second-order valence-electron chi connectivity index (χ2n) is 5.08. The van der Waals surface area contributed by atoms with Gasteiger partial charge in [0.25, 0.3) is 5.91 Å². The third kappa shape index (κ3) is 4.56. The molecule has 8 heteroatoms. The predicted molar refractivity (Wildman–Crippen MR) is 89.7 cm³/mol. The zero-order chi connectivity index (χ0) is 17.7. The number of sulfone groups is 1. The van der Waals surface area contributed by atoms with Crippen LogP contribution in [0.3, 0.4) is 0 Å². The van der Waals surface area contributed by atoms with Crippen LogP contribution in [-0.4, -0.2) is 26.5 Å². The summed E-state index contributed by atoms with van der Waals surface area (Å²) in [6, 6.07) is 13.3. The standard InChI is InChI=1S/C16H17N3O4S/c1-24(21,22)14-9-12(15(20)19-16(17)18)7-8-13(14)23-10-11-5-3-2-4-6-11/h2-9H,10H2,1H3,(H4,17,18,19,20). The average molecular weight is 347 g/mol. The summed E-state index contributed by atoms with van der Waals surface area (Å²) in [4.78, 5) is 11.8. The Kier molecular flexibility index (Phi) is 5.20. The first kappa shape index (κ1) is 17.5. The molecule has 2 aromatic rings. The first-order valence-corrected chi connectivity index (χ1v) is 8.82. The Hall–Kier alpha value is -2.87. The third-order valence-electron chi connectivity index (χ3n) is 3.09. The molecule has 0 radical (unpaired) electrons. The van der Waals surface area contributed by atoms with Crippen molar-refractivity contribution in [3.05, 3.63) is 59.7 Å². The fraction of sp³-hybridized carbons (Fsp3) is 0.125.